The molecule has 62 valence electrons. The van der Waals surface area contributed by atoms with Crippen molar-refractivity contribution in [1.82, 2.24) is 0 Å². The Labute approximate surface area is 65.0 Å². The number of ether oxygens (including phenoxy) is 1. The van der Waals surface area contributed by atoms with E-state index < -0.39 is 5.97 Å². The Hall–Kier alpha value is -1.32. The minimum atomic E-state index is -0.477. The summed E-state index contributed by atoms with van der Waals surface area (Å²) in [5.41, 5.74) is 4.84. The minimum absolute atomic E-state index is 0.216. The van der Waals surface area contributed by atoms with E-state index in [1.807, 2.05) is 0 Å². The fraction of sp³-hybridized carbons (Fsp3) is 0.429. The highest BCUT2D eigenvalue weighted by molar-refractivity contribution is 5.81. The summed E-state index contributed by atoms with van der Waals surface area (Å²) in [6.45, 7) is 3.42. The molecule has 0 aromatic carbocycles. The smallest absolute Gasteiger partial charge is 0.330 e. The molecule has 0 radical (unpaired) electrons. The molecule has 0 spiro atoms. The maximum atomic E-state index is 10.4. The van der Waals surface area contributed by atoms with Crippen LogP contribution < -0.4 is 5.73 Å². The molecular formula is C7H11NO3. The zero-order valence-electron chi connectivity index (χ0n) is 6.21. The van der Waals surface area contributed by atoms with Gasteiger partial charge in [-0.3, -0.25) is 4.79 Å². The number of hydrogen-bond acceptors (Lipinski definition) is 3. The van der Waals surface area contributed by atoms with Crippen LogP contribution in [0.25, 0.3) is 0 Å². The van der Waals surface area contributed by atoms with E-state index in [0.717, 1.165) is 6.08 Å². The molecule has 0 unspecified atom stereocenters. The summed E-state index contributed by atoms with van der Waals surface area (Å²) in [5, 5.41) is 0. The van der Waals surface area contributed by atoms with Crippen LogP contribution in [0.1, 0.15) is 12.8 Å². The highest BCUT2D eigenvalue weighted by Gasteiger charge is 1.96. The van der Waals surface area contributed by atoms with Crippen molar-refractivity contribution in [3.8, 4) is 0 Å². The summed E-state index contributed by atoms with van der Waals surface area (Å²) in [6.07, 6.45) is 1.78. The Morgan fingerprint density at radius 1 is 1.55 bits per heavy atom. The highest BCUT2D eigenvalue weighted by Crippen LogP contribution is 1.89. The first kappa shape index (κ1) is 9.68. The average molecular weight is 157 g/mol. The summed E-state index contributed by atoms with van der Waals surface area (Å²) >= 11 is 0. The predicted octanol–water partition coefficient (Wildman–Crippen LogP) is -0.0189. The molecular weight excluding hydrogens is 146 g/mol. The van der Waals surface area contributed by atoms with E-state index in [0.29, 0.717) is 6.42 Å². The molecule has 4 heteroatoms. The molecule has 2 N–H and O–H groups in total. The second kappa shape index (κ2) is 5.46. The molecule has 0 aromatic rings. The van der Waals surface area contributed by atoms with Crippen LogP contribution in [0.5, 0.6) is 0 Å². The molecule has 0 heterocycles. The number of nitrogens with two attached hydrogens (primary N) is 1. The van der Waals surface area contributed by atoms with Crippen LogP contribution in [0.3, 0.4) is 0 Å². The molecule has 0 atom stereocenters. The third kappa shape index (κ3) is 6.57. The zero-order valence-corrected chi connectivity index (χ0v) is 6.21. The van der Waals surface area contributed by atoms with E-state index in [2.05, 4.69) is 11.3 Å². The molecule has 0 rings (SSSR count). The van der Waals surface area contributed by atoms with Crippen molar-refractivity contribution in [2.75, 3.05) is 6.61 Å². The number of primary amides is 1. The molecule has 1 amide bonds. The summed E-state index contributed by atoms with van der Waals surface area (Å²) < 4.78 is 4.58. The van der Waals surface area contributed by atoms with E-state index in [9.17, 15) is 9.59 Å². The van der Waals surface area contributed by atoms with Crippen LogP contribution in [0, 0.1) is 0 Å². The topological polar surface area (TPSA) is 69.4 Å². The first-order chi connectivity index (χ1) is 5.16. The third-order valence-corrected chi connectivity index (χ3v) is 0.979. The van der Waals surface area contributed by atoms with Crippen LogP contribution in [0.2, 0.25) is 0 Å². The Morgan fingerprint density at radius 3 is 2.64 bits per heavy atom. The summed E-state index contributed by atoms with van der Waals surface area (Å²) in [6, 6.07) is 0. The zero-order chi connectivity index (χ0) is 8.69. The Kier molecular flexibility index (Phi) is 4.81. The largest absolute Gasteiger partial charge is 0.463 e. The molecule has 0 aliphatic rings. The molecule has 0 aromatic heterocycles. The normalized spacial score (nSPS) is 8.73. The second-order valence-electron chi connectivity index (χ2n) is 1.94. The van der Waals surface area contributed by atoms with Crippen molar-refractivity contribution in [2.45, 2.75) is 12.8 Å². The number of amides is 1. The standard InChI is InChI=1S/C7H11NO3/c1-2-7(10)11-5-3-4-6(8)9/h2H,1,3-5H2,(H2,8,9). The van der Waals surface area contributed by atoms with Gasteiger partial charge in [-0.2, -0.15) is 0 Å². The number of rotatable bonds is 5. The molecule has 0 aliphatic heterocycles. The van der Waals surface area contributed by atoms with Crippen molar-refractivity contribution in [1.29, 1.82) is 0 Å². The number of carbonyl (C=O) groups excluding carboxylic acids is 2. The number of carbonyl (C=O) groups is 2. The van der Waals surface area contributed by atoms with Gasteiger partial charge < -0.3 is 10.5 Å². The summed E-state index contributed by atoms with van der Waals surface area (Å²) in [4.78, 5) is 20.6. The molecule has 11 heavy (non-hydrogen) atoms. The van der Waals surface area contributed by atoms with E-state index in [1.54, 1.807) is 0 Å². The molecule has 0 saturated carbocycles. The lowest BCUT2D eigenvalue weighted by atomic mass is 10.3. The fourth-order valence-corrected chi connectivity index (χ4v) is 0.478. The van der Waals surface area contributed by atoms with Crippen molar-refractivity contribution >= 4 is 11.9 Å². The molecule has 4 nitrogen and oxygen atoms in total. The van der Waals surface area contributed by atoms with Crippen LogP contribution in [-0.2, 0) is 14.3 Å². The quantitative estimate of drug-likeness (QED) is 0.346. The number of esters is 1. The Bertz CT molecular complexity index is 165. The first-order valence-corrected chi connectivity index (χ1v) is 3.24. The van der Waals surface area contributed by atoms with E-state index in [1.165, 1.54) is 0 Å². The lowest BCUT2D eigenvalue weighted by Crippen LogP contribution is -2.12. The van der Waals surface area contributed by atoms with Gasteiger partial charge in [-0.15, -0.1) is 0 Å². The van der Waals surface area contributed by atoms with Crippen LogP contribution >= 0.6 is 0 Å². The SMILES string of the molecule is C=CC(=O)OCCCC(N)=O. The van der Waals surface area contributed by atoms with Gasteiger partial charge in [0.25, 0.3) is 0 Å². The third-order valence-electron chi connectivity index (χ3n) is 0.979. The lowest BCUT2D eigenvalue weighted by Gasteiger charge is -1.98. The van der Waals surface area contributed by atoms with Crippen LogP contribution in [0.4, 0.5) is 0 Å². The number of hydrogen-bond donors (Lipinski definition) is 1. The molecule has 0 fully saturated rings. The molecule has 0 aliphatic carbocycles. The van der Waals surface area contributed by atoms with Gasteiger partial charge >= 0.3 is 5.97 Å². The fourth-order valence-electron chi connectivity index (χ4n) is 0.478. The van der Waals surface area contributed by atoms with Crippen molar-refractivity contribution in [3.63, 3.8) is 0 Å². The maximum absolute atomic E-state index is 10.4. The monoisotopic (exact) mass is 157 g/mol. The Balaban J connectivity index is 3.21. The average Bonchev–Trinajstić information content (AvgIpc) is 1.97. The van der Waals surface area contributed by atoms with E-state index >= 15 is 0 Å². The summed E-state index contributed by atoms with van der Waals surface area (Å²) in [5.74, 6) is -0.867. The second-order valence-corrected chi connectivity index (χ2v) is 1.94. The van der Waals surface area contributed by atoms with Crippen molar-refractivity contribution in [2.24, 2.45) is 5.73 Å². The Morgan fingerprint density at radius 2 is 2.18 bits per heavy atom. The van der Waals surface area contributed by atoms with Gasteiger partial charge in [0.2, 0.25) is 5.91 Å². The van der Waals surface area contributed by atoms with Gasteiger partial charge in [-0.25, -0.2) is 4.79 Å². The highest BCUT2D eigenvalue weighted by atomic mass is 16.5. The van der Waals surface area contributed by atoms with Crippen LogP contribution in [0.15, 0.2) is 12.7 Å². The lowest BCUT2D eigenvalue weighted by molar-refractivity contribution is -0.138. The van der Waals surface area contributed by atoms with Gasteiger partial charge in [-0.1, -0.05) is 6.58 Å². The van der Waals surface area contributed by atoms with Crippen molar-refractivity contribution in [3.05, 3.63) is 12.7 Å². The van der Waals surface area contributed by atoms with Gasteiger partial charge in [0.15, 0.2) is 0 Å². The van der Waals surface area contributed by atoms with E-state index in [4.69, 9.17) is 5.73 Å². The maximum Gasteiger partial charge on any atom is 0.330 e. The van der Waals surface area contributed by atoms with Gasteiger partial charge in [0.05, 0.1) is 6.61 Å². The first-order valence-electron chi connectivity index (χ1n) is 3.24. The molecule has 0 saturated heterocycles. The van der Waals surface area contributed by atoms with Crippen molar-refractivity contribution < 1.29 is 14.3 Å². The summed E-state index contributed by atoms with van der Waals surface area (Å²) in [7, 11) is 0. The van der Waals surface area contributed by atoms with Crippen LogP contribution in [-0.4, -0.2) is 18.5 Å². The predicted molar refractivity (Wildman–Crippen MR) is 39.6 cm³/mol. The minimum Gasteiger partial charge on any atom is -0.463 e. The van der Waals surface area contributed by atoms with Gasteiger partial charge in [0, 0.05) is 12.5 Å². The molecule has 0 bridgehead atoms. The van der Waals surface area contributed by atoms with Gasteiger partial charge in [-0.05, 0) is 6.42 Å². The van der Waals surface area contributed by atoms with E-state index in [-0.39, 0.29) is 18.9 Å². The van der Waals surface area contributed by atoms with Gasteiger partial charge in [0.1, 0.15) is 0 Å².